The van der Waals surface area contributed by atoms with Gasteiger partial charge in [-0.3, -0.25) is 4.79 Å². The van der Waals surface area contributed by atoms with E-state index in [1.54, 1.807) is 0 Å². The van der Waals surface area contributed by atoms with Crippen LogP contribution in [0.1, 0.15) is 68.1 Å². The third-order valence-corrected chi connectivity index (χ3v) is 6.31. The number of carbonyl (C=O) groups is 2. The lowest BCUT2D eigenvalue weighted by Crippen LogP contribution is -2.30. The minimum Gasteiger partial charge on any atom is -0.340 e. The van der Waals surface area contributed by atoms with Crippen LogP contribution in [0.5, 0.6) is 0 Å². The van der Waals surface area contributed by atoms with E-state index in [1.807, 2.05) is 0 Å². The van der Waals surface area contributed by atoms with Crippen LogP contribution < -0.4 is 10.8 Å². The Balaban J connectivity index is 0.00000385. The van der Waals surface area contributed by atoms with Gasteiger partial charge in [-0.2, -0.15) is 5.48 Å². The van der Waals surface area contributed by atoms with Crippen LogP contribution in [-0.4, -0.2) is 25.0 Å². The molecule has 0 radical (unpaired) electrons. The summed E-state index contributed by atoms with van der Waals surface area (Å²) in [4.78, 5) is 28.9. The number of nitrogens with one attached hydrogen (secondary N) is 2. The monoisotopic (exact) mass is 472 g/mol. The molecular weight excluding hydrogens is 436 g/mol. The van der Waals surface area contributed by atoms with Crippen molar-refractivity contribution >= 4 is 24.3 Å². The highest BCUT2D eigenvalue weighted by atomic mass is 35.5. The number of hydroxylamine groups is 1. The smallest absolute Gasteiger partial charge is 0.339 e. The highest BCUT2D eigenvalue weighted by Crippen LogP contribution is 2.28. The average Bonchev–Trinajstić information content (AvgIpc) is 2.83. The van der Waals surface area contributed by atoms with Gasteiger partial charge in [0.05, 0.1) is 5.92 Å². The number of piperidine rings is 1. The summed E-state index contributed by atoms with van der Waals surface area (Å²) in [6, 6.07) is 18.9. The summed E-state index contributed by atoms with van der Waals surface area (Å²) < 4.78 is 0. The van der Waals surface area contributed by atoms with Gasteiger partial charge in [-0.05, 0) is 87.1 Å². The average molecular weight is 473 g/mol. The summed E-state index contributed by atoms with van der Waals surface area (Å²) >= 11 is 0. The van der Waals surface area contributed by atoms with Crippen molar-refractivity contribution in [2.24, 2.45) is 5.92 Å². The first kappa shape index (κ1) is 26.9. The molecule has 3 rings (SSSR count). The standard InChI is InChI=1S/C27H36N2O3.ClH/c1-21(30)29-32-27(31)26(16-13-24-17-19-28-20-18-24)25-14-11-23(12-15-25)10-6-5-9-22-7-3-2-4-8-22;/h2-4,7-8,11-12,14-15,24,26,28H,5-6,9-10,13,16-20H2,1H3,(H,29,30);1H. The topological polar surface area (TPSA) is 67.4 Å². The van der Waals surface area contributed by atoms with Gasteiger partial charge < -0.3 is 10.2 Å². The molecule has 1 aliphatic rings. The fourth-order valence-corrected chi connectivity index (χ4v) is 4.41. The zero-order valence-corrected chi connectivity index (χ0v) is 20.4. The van der Waals surface area contributed by atoms with Crippen LogP contribution in [0.15, 0.2) is 54.6 Å². The summed E-state index contributed by atoms with van der Waals surface area (Å²) in [7, 11) is 0. The van der Waals surface area contributed by atoms with Gasteiger partial charge in [-0.25, -0.2) is 4.79 Å². The molecular formula is C27H37ClN2O3. The van der Waals surface area contributed by atoms with Crippen molar-refractivity contribution < 1.29 is 14.4 Å². The molecule has 0 spiro atoms. The van der Waals surface area contributed by atoms with Gasteiger partial charge in [-0.1, -0.05) is 54.6 Å². The van der Waals surface area contributed by atoms with Gasteiger partial charge in [0.25, 0.3) is 0 Å². The predicted octanol–water partition coefficient (Wildman–Crippen LogP) is 5.13. The summed E-state index contributed by atoms with van der Waals surface area (Å²) in [6.45, 7) is 3.43. The first-order valence-corrected chi connectivity index (χ1v) is 11.9. The SMILES string of the molecule is CC(=O)NOC(=O)C(CCC1CCNCC1)c1ccc(CCCCc2ccccc2)cc1.Cl. The van der Waals surface area contributed by atoms with Gasteiger partial charge in [0.15, 0.2) is 0 Å². The van der Waals surface area contributed by atoms with Crippen molar-refractivity contribution in [2.45, 2.75) is 64.2 Å². The molecule has 180 valence electrons. The number of benzene rings is 2. The molecule has 1 unspecified atom stereocenters. The Kier molecular flexibility index (Phi) is 12.0. The van der Waals surface area contributed by atoms with E-state index >= 15 is 0 Å². The lowest BCUT2D eigenvalue weighted by Gasteiger charge is -2.24. The maximum atomic E-state index is 12.7. The normalized spacial score (nSPS) is 14.7. The molecule has 2 N–H and O–H groups in total. The van der Waals surface area contributed by atoms with Crippen molar-refractivity contribution in [3.05, 3.63) is 71.3 Å². The van der Waals surface area contributed by atoms with Crippen LogP contribution in [0.4, 0.5) is 0 Å². The number of aryl methyl sites for hydroxylation is 2. The first-order valence-electron chi connectivity index (χ1n) is 11.9. The van der Waals surface area contributed by atoms with Crippen LogP contribution in [0, 0.1) is 5.92 Å². The third-order valence-electron chi connectivity index (χ3n) is 6.31. The molecule has 1 saturated heterocycles. The van der Waals surface area contributed by atoms with Crippen molar-refractivity contribution in [3.8, 4) is 0 Å². The highest BCUT2D eigenvalue weighted by Gasteiger charge is 2.25. The van der Waals surface area contributed by atoms with Crippen molar-refractivity contribution in [1.82, 2.24) is 10.8 Å². The number of rotatable bonds is 10. The Morgan fingerprint density at radius 1 is 0.970 bits per heavy atom. The first-order chi connectivity index (χ1) is 15.6. The van der Waals surface area contributed by atoms with Crippen molar-refractivity contribution in [2.75, 3.05) is 13.1 Å². The fourth-order valence-electron chi connectivity index (χ4n) is 4.41. The number of carbonyl (C=O) groups excluding carboxylic acids is 2. The van der Waals surface area contributed by atoms with Gasteiger partial charge >= 0.3 is 5.97 Å². The lowest BCUT2D eigenvalue weighted by atomic mass is 9.86. The fraction of sp³-hybridized carbons (Fsp3) is 0.481. The minimum absolute atomic E-state index is 0. The maximum absolute atomic E-state index is 12.7. The second-order valence-corrected chi connectivity index (χ2v) is 8.84. The Bertz CT molecular complexity index is 836. The van der Waals surface area contributed by atoms with Crippen LogP contribution in [0.25, 0.3) is 0 Å². The molecule has 2 aromatic carbocycles. The maximum Gasteiger partial charge on any atom is 0.339 e. The Morgan fingerprint density at radius 3 is 2.18 bits per heavy atom. The molecule has 1 fully saturated rings. The molecule has 1 heterocycles. The van der Waals surface area contributed by atoms with Crippen molar-refractivity contribution in [3.63, 3.8) is 0 Å². The van der Waals surface area contributed by atoms with Gasteiger partial charge in [0.1, 0.15) is 0 Å². The van der Waals surface area contributed by atoms with Gasteiger partial charge in [-0.15, -0.1) is 12.4 Å². The Hall–Kier alpha value is -2.37. The van der Waals surface area contributed by atoms with Crippen LogP contribution in [0.3, 0.4) is 0 Å². The molecule has 1 amide bonds. The van der Waals surface area contributed by atoms with Crippen molar-refractivity contribution in [1.29, 1.82) is 0 Å². The van der Waals surface area contributed by atoms with E-state index in [1.165, 1.54) is 18.1 Å². The van der Waals surface area contributed by atoms with E-state index in [2.05, 4.69) is 65.4 Å². The summed E-state index contributed by atoms with van der Waals surface area (Å²) in [6.07, 6.45) is 8.45. The van der Waals surface area contributed by atoms with E-state index in [-0.39, 0.29) is 30.2 Å². The zero-order chi connectivity index (χ0) is 22.6. The molecule has 0 saturated carbocycles. The highest BCUT2D eigenvalue weighted by molar-refractivity contribution is 5.85. The zero-order valence-electron chi connectivity index (χ0n) is 19.6. The molecule has 0 aliphatic carbocycles. The van der Waals surface area contributed by atoms with Crippen LogP contribution >= 0.6 is 12.4 Å². The number of hydrogen-bond acceptors (Lipinski definition) is 4. The van der Waals surface area contributed by atoms with Crippen LogP contribution in [-0.2, 0) is 27.3 Å². The number of hydrogen-bond donors (Lipinski definition) is 2. The second kappa shape index (κ2) is 14.7. The molecule has 1 aliphatic heterocycles. The number of halogens is 1. The molecule has 33 heavy (non-hydrogen) atoms. The molecule has 0 bridgehead atoms. The number of amides is 1. The van der Waals surface area contributed by atoms with Gasteiger partial charge in [0, 0.05) is 6.92 Å². The summed E-state index contributed by atoms with van der Waals surface area (Å²) in [5.41, 5.74) is 5.83. The van der Waals surface area contributed by atoms with E-state index in [0.717, 1.165) is 70.0 Å². The predicted molar refractivity (Wildman–Crippen MR) is 134 cm³/mol. The molecule has 5 nitrogen and oxygen atoms in total. The van der Waals surface area contributed by atoms with E-state index in [9.17, 15) is 9.59 Å². The quantitative estimate of drug-likeness (QED) is 0.371. The van der Waals surface area contributed by atoms with Gasteiger partial charge in [0.2, 0.25) is 5.91 Å². The third kappa shape index (κ3) is 9.56. The van der Waals surface area contributed by atoms with E-state index in [0.29, 0.717) is 5.92 Å². The minimum atomic E-state index is -0.384. The molecule has 6 heteroatoms. The summed E-state index contributed by atoms with van der Waals surface area (Å²) in [5, 5.41) is 3.39. The van der Waals surface area contributed by atoms with E-state index in [4.69, 9.17) is 4.84 Å². The molecule has 2 aromatic rings. The Labute approximate surface area is 204 Å². The largest absolute Gasteiger partial charge is 0.340 e. The van der Waals surface area contributed by atoms with Crippen LogP contribution in [0.2, 0.25) is 0 Å². The summed E-state index contributed by atoms with van der Waals surface area (Å²) in [5.74, 6) is -0.480. The lowest BCUT2D eigenvalue weighted by molar-refractivity contribution is -0.159. The Morgan fingerprint density at radius 2 is 1.58 bits per heavy atom. The molecule has 1 atom stereocenters. The molecule has 0 aromatic heterocycles. The van der Waals surface area contributed by atoms with E-state index < -0.39 is 0 Å². The second-order valence-electron chi connectivity index (χ2n) is 8.84. The number of unbranched alkanes of at least 4 members (excludes halogenated alkanes) is 1.